The summed E-state index contributed by atoms with van der Waals surface area (Å²) in [6.45, 7) is 2.85. The molecule has 0 saturated heterocycles. The average molecular weight is 470 g/mol. The lowest BCUT2D eigenvalue weighted by atomic mass is 10.0. The van der Waals surface area contributed by atoms with Gasteiger partial charge in [-0.05, 0) is 41.3 Å². The van der Waals surface area contributed by atoms with Gasteiger partial charge in [-0.2, -0.15) is 5.10 Å². The highest BCUT2D eigenvalue weighted by atomic mass is 16.6. The van der Waals surface area contributed by atoms with Crippen LogP contribution in [-0.4, -0.2) is 39.8 Å². The molecule has 0 unspecified atom stereocenters. The number of rotatable bonds is 11. The molecule has 4 aromatic rings. The van der Waals surface area contributed by atoms with Gasteiger partial charge in [0.1, 0.15) is 18.1 Å². The monoisotopic (exact) mass is 469 g/mol. The number of carbonyl (C=O) groups is 1. The molecule has 0 amide bonds. The molecular weight excluding hydrogens is 442 g/mol. The Morgan fingerprint density at radius 2 is 1.71 bits per heavy atom. The van der Waals surface area contributed by atoms with E-state index in [0.717, 1.165) is 33.5 Å². The first-order chi connectivity index (χ1) is 17.1. The highest BCUT2D eigenvalue weighted by molar-refractivity contribution is 6.00. The van der Waals surface area contributed by atoms with Crippen LogP contribution in [0.25, 0.3) is 11.1 Å². The van der Waals surface area contributed by atoms with Gasteiger partial charge in [-0.15, -0.1) is 0 Å². The second-order valence-electron chi connectivity index (χ2n) is 7.98. The average Bonchev–Trinajstić information content (AvgIpc) is 3.39. The number of ether oxygens (including phenoxy) is 1. The molecule has 1 N–H and O–H groups in total. The summed E-state index contributed by atoms with van der Waals surface area (Å²) in [5.41, 5.74) is 5.51. The van der Waals surface area contributed by atoms with E-state index >= 15 is 0 Å². The number of benzene rings is 3. The van der Waals surface area contributed by atoms with Crippen LogP contribution in [0, 0.1) is 6.92 Å². The smallest absolute Gasteiger partial charge is 0.307 e. The van der Waals surface area contributed by atoms with Gasteiger partial charge >= 0.3 is 5.97 Å². The lowest BCUT2D eigenvalue weighted by Gasteiger charge is -2.12. The van der Waals surface area contributed by atoms with Gasteiger partial charge in [-0.25, -0.2) is 0 Å². The number of nitrogens with zero attached hydrogens (tertiary/aromatic N) is 3. The zero-order chi connectivity index (χ0) is 24.5. The minimum absolute atomic E-state index is 0.0380. The van der Waals surface area contributed by atoms with Crippen LogP contribution in [0.1, 0.15) is 16.7 Å². The first-order valence-electron chi connectivity index (χ1n) is 11.4. The molecule has 178 valence electrons. The molecule has 0 fully saturated rings. The molecule has 3 aromatic carbocycles. The minimum Gasteiger partial charge on any atom is -0.490 e. The van der Waals surface area contributed by atoms with E-state index in [1.807, 2.05) is 55.6 Å². The van der Waals surface area contributed by atoms with Crippen LogP contribution in [0.15, 0.2) is 96.4 Å². The Morgan fingerprint density at radius 1 is 0.943 bits per heavy atom. The van der Waals surface area contributed by atoms with Crippen molar-refractivity contribution in [1.29, 1.82) is 0 Å². The van der Waals surface area contributed by atoms with Crippen molar-refractivity contribution in [3.63, 3.8) is 0 Å². The van der Waals surface area contributed by atoms with Gasteiger partial charge in [0.25, 0.3) is 0 Å². The van der Waals surface area contributed by atoms with E-state index in [2.05, 4.69) is 34.5 Å². The molecule has 35 heavy (non-hydrogen) atoms. The largest absolute Gasteiger partial charge is 0.490 e. The molecule has 0 aliphatic rings. The standard InChI is InChI=1S/C28H27N3O4/c1-21-25(19-28(32)33)9-5-10-27(21)34-17-18-35-30-26(20-31-16-6-15-29-31)24-13-11-23(12-14-24)22-7-3-2-4-8-22/h2-16H,17-20H2,1H3,(H,32,33). The third kappa shape index (κ3) is 6.57. The van der Waals surface area contributed by atoms with Gasteiger partial charge in [0.05, 0.1) is 13.0 Å². The molecule has 7 heteroatoms. The number of aromatic nitrogens is 2. The van der Waals surface area contributed by atoms with Crippen LogP contribution in [-0.2, 0) is 22.6 Å². The molecule has 1 heterocycles. The van der Waals surface area contributed by atoms with E-state index in [4.69, 9.17) is 14.7 Å². The lowest BCUT2D eigenvalue weighted by molar-refractivity contribution is -0.136. The predicted molar refractivity (Wildman–Crippen MR) is 135 cm³/mol. The van der Waals surface area contributed by atoms with Crippen molar-refractivity contribution in [2.75, 3.05) is 13.2 Å². The lowest BCUT2D eigenvalue weighted by Crippen LogP contribution is -2.14. The number of carboxylic acid groups (broad SMARTS) is 1. The Kier molecular flexibility index (Phi) is 7.91. The Bertz CT molecular complexity index is 1270. The minimum atomic E-state index is -0.871. The third-order valence-corrected chi connectivity index (χ3v) is 5.54. The van der Waals surface area contributed by atoms with Crippen LogP contribution in [0.2, 0.25) is 0 Å². The third-order valence-electron chi connectivity index (χ3n) is 5.54. The number of carboxylic acids is 1. The second-order valence-corrected chi connectivity index (χ2v) is 7.98. The molecule has 1 aromatic heterocycles. The summed E-state index contributed by atoms with van der Waals surface area (Å²) < 4.78 is 7.61. The van der Waals surface area contributed by atoms with Crippen molar-refractivity contribution >= 4 is 11.7 Å². The molecule has 0 spiro atoms. The summed E-state index contributed by atoms with van der Waals surface area (Å²) in [6.07, 6.45) is 3.57. The van der Waals surface area contributed by atoms with E-state index in [1.54, 1.807) is 23.0 Å². The Hall–Kier alpha value is -4.39. The molecule has 0 bridgehead atoms. The fourth-order valence-electron chi connectivity index (χ4n) is 3.69. The van der Waals surface area contributed by atoms with Crippen molar-refractivity contribution in [2.24, 2.45) is 5.16 Å². The van der Waals surface area contributed by atoms with E-state index in [9.17, 15) is 4.79 Å². The van der Waals surface area contributed by atoms with Gasteiger partial charge in [0.15, 0.2) is 6.61 Å². The highest BCUT2D eigenvalue weighted by Gasteiger charge is 2.10. The summed E-state index contributed by atoms with van der Waals surface area (Å²) in [6, 6.07) is 25.7. The van der Waals surface area contributed by atoms with Gasteiger partial charge in [-0.1, -0.05) is 71.9 Å². The summed E-state index contributed by atoms with van der Waals surface area (Å²) in [4.78, 5) is 16.6. The maximum absolute atomic E-state index is 11.0. The van der Waals surface area contributed by atoms with Gasteiger partial charge in [0, 0.05) is 18.0 Å². The zero-order valence-electron chi connectivity index (χ0n) is 19.5. The van der Waals surface area contributed by atoms with Crippen molar-refractivity contribution in [1.82, 2.24) is 9.78 Å². The summed E-state index contributed by atoms with van der Waals surface area (Å²) in [7, 11) is 0. The van der Waals surface area contributed by atoms with Crippen molar-refractivity contribution in [3.8, 4) is 16.9 Å². The molecule has 0 saturated carbocycles. The van der Waals surface area contributed by atoms with Crippen LogP contribution in [0.4, 0.5) is 0 Å². The zero-order valence-corrected chi connectivity index (χ0v) is 19.5. The summed E-state index contributed by atoms with van der Waals surface area (Å²) in [5, 5.41) is 17.7. The first kappa shape index (κ1) is 23.8. The molecule has 0 atom stereocenters. The van der Waals surface area contributed by atoms with E-state index in [0.29, 0.717) is 12.3 Å². The topological polar surface area (TPSA) is 85.9 Å². The molecule has 7 nitrogen and oxygen atoms in total. The molecule has 4 rings (SSSR count). The van der Waals surface area contributed by atoms with Crippen LogP contribution in [0.5, 0.6) is 5.75 Å². The quantitative estimate of drug-likeness (QED) is 0.190. The summed E-state index contributed by atoms with van der Waals surface area (Å²) in [5.74, 6) is -0.228. The maximum atomic E-state index is 11.0. The number of oxime groups is 1. The SMILES string of the molecule is Cc1c(CC(=O)O)cccc1OCCON=C(Cn1cccn1)c1ccc(-c2ccccc2)cc1. The van der Waals surface area contributed by atoms with Crippen LogP contribution >= 0.6 is 0 Å². The first-order valence-corrected chi connectivity index (χ1v) is 11.4. The normalized spacial score (nSPS) is 11.3. The predicted octanol–water partition coefficient (Wildman–Crippen LogP) is 4.99. The Morgan fingerprint density at radius 3 is 2.43 bits per heavy atom. The second kappa shape index (κ2) is 11.7. The fraction of sp³-hybridized carbons (Fsp3) is 0.179. The van der Waals surface area contributed by atoms with Gasteiger partial charge < -0.3 is 14.7 Å². The van der Waals surface area contributed by atoms with Crippen LogP contribution < -0.4 is 4.74 Å². The van der Waals surface area contributed by atoms with Gasteiger partial charge in [-0.3, -0.25) is 9.48 Å². The van der Waals surface area contributed by atoms with E-state index < -0.39 is 5.97 Å². The van der Waals surface area contributed by atoms with Crippen molar-refractivity contribution < 1.29 is 19.5 Å². The highest BCUT2D eigenvalue weighted by Crippen LogP contribution is 2.22. The Balaban J connectivity index is 1.41. The van der Waals surface area contributed by atoms with E-state index in [-0.39, 0.29) is 19.6 Å². The fourth-order valence-corrected chi connectivity index (χ4v) is 3.69. The Labute approximate surface area is 204 Å². The van der Waals surface area contributed by atoms with Crippen molar-refractivity contribution in [3.05, 3.63) is 108 Å². The van der Waals surface area contributed by atoms with E-state index in [1.165, 1.54) is 0 Å². The van der Waals surface area contributed by atoms with Crippen LogP contribution in [0.3, 0.4) is 0 Å². The molecular formula is C28H27N3O4. The number of aliphatic carboxylic acids is 1. The van der Waals surface area contributed by atoms with Crippen molar-refractivity contribution in [2.45, 2.75) is 19.9 Å². The molecule has 0 aliphatic heterocycles. The molecule has 0 radical (unpaired) electrons. The maximum Gasteiger partial charge on any atom is 0.307 e. The molecule has 0 aliphatic carbocycles. The number of hydrogen-bond acceptors (Lipinski definition) is 5. The summed E-state index contributed by atoms with van der Waals surface area (Å²) >= 11 is 0. The number of hydrogen-bond donors (Lipinski definition) is 1. The van der Waals surface area contributed by atoms with Gasteiger partial charge in [0.2, 0.25) is 0 Å².